The summed E-state index contributed by atoms with van der Waals surface area (Å²) in [5.41, 5.74) is 1.12. The van der Waals surface area contributed by atoms with Crippen LogP contribution in [-0.4, -0.2) is 28.5 Å². The zero-order valence-electron chi connectivity index (χ0n) is 12.7. The summed E-state index contributed by atoms with van der Waals surface area (Å²) in [6.45, 7) is 2.62. The van der Waals surface area contributed by atoms with Crippen molar-refractivity contribution < 1.29 is 9.21 Å². The van der Waals surface area contributed by atoms with Crippen LogP contribution in [0.4, 0.5) is 4.79 Å². The van der Waals surface area contributed by atoms with Crippen molar-refractivity contribution in [1.82, 2.24) is 15.2 Å². The molecule has 0 radical (unpaired) electrons. The van der Waals surface area contributed by atoms with Crippen LogP contribution >= 0.6 is 0 Å². The van der Waals surface area contributed by atoms with Gasteiger partial charge in [-0.3, -0.25) is 4.98 Å². The van der Waals surface area contributed by atoms with E-state index in [4.69, 9.17) is 4.42 Å². The molecule has 3 rings (SSSR count). The Labute approximate surface area is 130 Å². The summed E-state index contributed by atoms with van der Waals surface area (Å²) in [4.78, 5) is 18.5. The number of urea groups is 1. The highest BCUT2D eigenvalue weighted by Gasteiger charge is 2.37. The molecular weight excluding hydrogens is 278 g/mol. The number of carbonyl (C=O) groups excluding carboxylic acids is 1. The molecule has 5 nitrogen and oxygen atoms in total. The molecule has 1 fully saturated rings. The third-order valence-corrected chi connectivity index (χ3v) is 3.96. The average Bonchev–Trinajstić information content (AvgIpc) is 3.20. The minimum atomic E-state index is -0.0408. The van der Waals surface area contributed by atoms with Gasteiger partial charge in [0, 0.05) is 25.0 Å². The van der Waals surface area contributed by atoms with Gasteiger partial charge in [0.15, 0.2) is 0 Å². The van der Waals surface area contributed by atoms with E-state index in [1.54, 1.807) is 12.5 Å². The van der Waals surface area contributed by atoms with E-state index in [-0.39, 0.29) is 12.1 Å². The molecule has 1 N–H and O–H groups in total. The molecule has 2 heterocycles. The molecule has 1 saturated carbocycles. The summed E-state index contributed by atoms with van der Waals surface area (Å²) in [6.07, 6.45) is 8.16. The number of aromatic nitrogens is 1. The molecule has 116 valence electrons. The lowest BCUT2D eigenvalue weighted by Gasteiger charge is -2.28. The maximum absolute atomic E-state index is 12.5. The fourth-order valence-corrected chi connectivity index (χ4v) is 2.63. The minimum Gasteiger partial charge on any atom is -0.467 e. The molecule has 2 amide bonds. The first-order valence-corrected chi connectivity index (χ1v) is 7.74. The molecule has 0 spiro atoms. The van der Waals surface area contributed by atoms with Crippen molar-refractivity contribution in [3.63, 3.8) is 0 Å². The minimum absolute atomic E-state index is 0.0182. The van der Waals surface area contributed by atoms with E-state index in [2.05, 4.69) is 10.3 Å². The number of amides is 2. The van der Waals surface area contributed by atoms with Gasteiger partial charge in [0.2, 0.25) is 0 Å². The van der Waals surface area contributed by atoms with Crippen LogP contribution in [-0.2, 0) is 6.42 Å². The zero-order valence-corrected chi connectivity index (χ0v) is 12.7. The number of furan rings is 1. The van der Waals surface area contributed by atoms with Gasteiger partial charge in [-0.15, -0.1) is 0 Å². The third-order valence-electron chi connectivity index (χ3n) is 3.96. The van der Waals surface area contributed by atoms with E-state index in [1.807, 2.05) is 42.3 Å². The van der Waals surface area contributed by atoms with E-state index in [0.29, 0.717) is 12.6 Å². The zero-order chi connectivity index (χ0) is 15.4. The topological polar surface area (TPSA) is 58.4 Å². The first-order chi connectivity index (χ1) is 10.8. The van der Waals surface area contributed by atoms with Crippen LogP contribution in [0.5, 0.6) is 0 Å². The Hall–Kier alpha value is -2.30. The lowest BCUT2D eigenvalue weighted by molar-refractivity contribution is 0.166. The highest BCUT2D eigenvalue weighted by Crippen LogP contribution is 2.34. The molecule has 2 aromatic heterocycles. The Morgan fingerprint density at radius 2 is 2.32 bits per heavy atom. The second kappa shape index (κ2) is 6.64. The van der Waals surface area contributed by atoms with Crippen molar-refractivity contribution in [3.05, 3.63) is 54.2 Å². The lowest BCUT2D eigenvalue weighted by Crippen LogP contribution is -2.43. The summed E-state index contributed by atoms with van der Waals surface area (Å²) in [7, 11) is 0. The Balaban J connectivity index is 1.56. The summed E-state index contributed by atoms with van der Waals surface area (Å²) in [6, 6.07) is 7.98. The van der Waals surface area contributed by atoms with Crippen LogP contribution in [0.25, 0.3) is 0 Å². The molecule has 1 atom stereocenters. The lowest BCUT2D eigenvalue weighted by atomic mass is 10.2. The predicted octanol–water partition coefficient (Wildman–Crippen LogP) is 3.15. The molecule has 0 unspecified atom stereocenters. The highest BCUT2D eigenvalue weighted by molar-refractivity contribution is 5.75. The van der Waals surface area contributed by atoms with Gasteiger partial charge in [0.25, 0.3) is 0 Å². The molecule has 22 heavy (non-hydrogen) atoms. The van der Waals surface area contributed by atoms with Crippen LogP contribution in [0.2, 0.25) is 0 Å². The highest BCUT2D eigenvalue weighted by atomic mass is 16.3. The summed E-state index contributed by atoms with van der Waals surface area (Å²) >= 11 is 0. The quantitative estimate of drug-likeness (QED) is 0.891. The normalized spacial score (nSPS) is 15.3. The Morgan fingerprint density at radius 1 is 1.45 bits per heavy atom. The fourth-order valence-electron chi connectivity index (χ4n) is 2.63. The number of pyridine rings is 1. The summed E-state index contributed by atoms with van der Waals surface area (Å²) in [5, 5.41) is 3.01. The number of carbonyl (C=O) groups is 1. The first-order valence-electron chi connectivity index (χ1n) is 7.74. The number of hydrogen-bond donors (Lipinski definition) is 1. The largest absolute Gasteiger partial charge is 0.467 e. The van der Waals surface area contributed by atoms with Crippen LogP contribution in [0.1, 0.15) is 37.1 Å². The van der Waals surface area contributed by atoms with Crippen molar-refractivity contribution in [2.24, 2.45) is 0 Å². The van der Waals surface area contributed by atoms with Crippen molar-refractivity contribution in [1.29, 1.82) is 0 Å². The first kappa shape index (κ1) is 14.6. The number of nitrogens with zero attached hydrogens (tertiary/aromatic N) is 2. The Bertz CT molecular complexity index is 594. The second-order valence-electron chi connectivity index (χ2n) is 5.67. The molecule has 0 bridgehead atoms. The summed E-state index contributed by atoms with van der Waals surface area (Å²) in [5.74, 6) is 0.828. The average molecular weight is 299 g/mol. The van der Waals surface area contributed by atoms with Crippen molar-refractivity contribution in [2.45, 2.75) is 38.3 Å². The van der Waals surface area contributed by atoms with Gasteiger partial charge in [0.1, 0.15) is 5.76 Å². The molecule has 5 heteroatoms. The maximum atomic E-state index is 12.5. The van der Waals surface area contributed by atoms with Crippen LogP contribution in [0.15, 0.2) is 47.3 Å². The number of nitrogens with one attached hydrogen (secondary N) is 1. The monoisotopic (exact) mass is 299 g/mol. The van der Waals surface area contributed by atoms with Gasteiger partial charge in [-0.2, -0.15) is 0 Å². The van der Waals surface area contributed by atoms with Gasteiger partial charge in [0.05, 0.1) is 12.3 Å². The predicted molar refractivity (Wildman–Crippen MR) is 83.3 cm³/mol. The number of hydrogen-bond acceptors (Lipinski definition) is 3. The molecule has 0 aliphatic heterocycles. The molecule has 2 aromatic rings. The van der Waals surface area contributed by atoms with E-state index in [1.165, 1.54) is 0 Å². The van der Waals surface area contributed by atoms with E-state index < -0.39 is 0 Å². The van der Waals surface area contributed by atoms with Crippen molar-refractivity contribution in [3.8, 4) is 0 Å². The van der Waals surface area contributed by atoms with Crippen LogP contribution in [0.3, 0.4) is 0 Å². The van der Waals surface area contributed by atoms with E-state index in [9.17, 15) is 4.79 Å². The van der Waals surface area contributed by atoms with Crippen LogP contribution < -0.4 is 5.32 Å². The number of rotatable bonds is 6. The smallest absolute Gasteiger partial charge is 0.318 e. The van der Waals surface area contributed by atoms with Gasteiger partial charge in [-0.1, -0.05) is 6.07 Å². The van der Waals surface area contributed by atoms with Gasteiger partial charge in [-0.05, 0) is 49.9 Å². The Morgan fingerprint density at radius 3 is 2.95 bits per heavy atom. The van der Waals surface area contributed by atoms with Gasteiger partial charge in [-0.25, -0.2) is 4.79 Å². The molecular formula is C17H21N3O2. The SMILES string of the molecule is C[C@H](c1ccco1)N(C(=O)NCCc1cccnc1)C1CC1. The van der Waals surface area contributed by atoms with Crippen molar-refractivity contribution >= 4 is 6.03 Å². The van der Waals surface area contributed by atoms with Gasteiger partial charge < -0.3 is 14.6 Å². The third kappa shape index (κ3) is 3.47. The van der Waals surface area contributed by atoms with E-state index in [0.717, 1.165) is 30.6 Å². The Kier molecular flexibility index (Phi) is 4.42. The second-order valence-corrected chi connectivity index (χ2v) is 5.67. The molecule has 1 aliphatic carbocycles. The molecule has 0 saturated heterocycles. The maximum Gasteiger partial charge on any atom is 0.318 e. The molecule has 0 aromatic carbocycles. The molecule has 1 aliphatic rings. The standard InChI is InChI=1S/C17H21N3O2/c1-13(16-5-3-11-22-16)20(15-6-7-15)17(21)19-10-8-14-4-2-9-18-12-14/h2-5,9,11-13,15H,6-8,10H2,1H3,(H,19,21)/t13-/m1/s1. The fraction of sp³-hybridized carbons (Fsp3) is 0.412. The summed E-state index contributed by atoms with van der Waals surface area (Å²) < 4.78 is 5.45. The van der Waals surface area contributed by atoms with Gasteiger partial charge >= 0.3 is 6.03 Å². The van der Waals surface area contributed by atoms with E-state index >= 15 is 0 Å². The van der Waals surface area contributed by atoms with Crippen LogP contribution in [0, 0.1) is 0 Å². The van der Waals surface area contributed by atoms with Crippen molar-refractivity contribution in [2.75, 3.05) is 6.54 Å².